The van der Waals surface area contributed by atoms with Crippen LogP contribution in [0.4, 0.5) is 0 Å². The van der Waals surface area contributed by atoms with Crippen LogP contribution in [0, 0.1) is 0 Å². The van der Waals surface area contributed by atoms with E-state index in [-0.39, 0.29) is 11.8 Å². The molecule has 0 unspecified atom stereocenters. The van der Waals surface area contributed by atoms with Gasteiger partial charge >= 0.3 is 0 Å². The van der Waals surface area contributed by atoms with E-state index in [4.69, 9.17) is 9.47 Å². The lowest BCUT2D eigenvalue weighted by Gasteiger charge is -2.42. The first kappa shape index (κ1) is 17.4. The molecule has 1 N–H and O–H groups in total. The zero-order valence-electron chi connectivity index (χ0n) is 15.2. The van der Waals surface area contributed by atoms with Crippen molar-refractivity contribution in [2.75, 3.05) is 26.7 Å². The predicted octanol–water partition coefficient (Wildman–Crippen LogP) is 2.49. The third kappa shape index (κ3) is 3.35. The number of benzene rings is 2. The molecule has 0 aromatic heterocycles. The Morgan fingerprint density at radius 1 is 1.22 bits per heavy atom. The van der Waals surface area contributed by atoms with Crippen LogP contribution in [0.25, 0.3) is 0 Å². The third-order valence-corrected chi connectivity index (χ3v) is 5.17. The number of piperidine rings is 1. The molecule has 6 nitrogen and oxygen atoms in total. The normalized spacial score (nSPS) is 21.7. The van der Waals surface area contributed by atoms with Gasteiger partial charge in [-0.25, -0.2) is 0 Å². The smallest absolute Gasteiger partial charge is 0.255 e. The molecule has 6 heteroatoms. The zero-order valence-corrected chi connectivity index (χ0v) is 15.2. The summed E-state index contributed by atoms with van der Waals surface area (Å²) in [5.74, 6) is 1.03. The number of rotatable bonds is 2. The Balaban J connectivity index is 1.59. The lowest BCUT2D eigenvalue weighted by atomic mass is 9.91. The van der Waals surface area contributed by atoms with E-state index in [1.54, 1.807) is 30.2 Å². The van der Waals surface area contributed by atoms with Gasteiger partial charge in [-0.1, -0.05) is 18.2 Å². The number of carbonyl (C=O) groups is 2. The first-order chi connectivity index (χ1) is 13.1. The van der Waals surface area contributed by atoms with Gasteiger partial charge in [-0.05, 0) is 43.2 Å². The Kier molecular flexibility index (Phi) is 4.48. The Morgan fingerprint density at radius 3 is 2.93 bits per heavy atom. The van der Waals surface area contributed by atoms with Crippen LogP contribution in [-0.2, 0) is 0 Å². The molecule has 1 spiro atoms. The maximum absolute atomic E-state index is 13.0. The molecule has 2 aromatic rings. The summed E-state index contributed by atoms with van der Waals surface area (Å²) in [6.07, 6.45) is 1.59. The molecule has 2 aliphatic rings. The lowest BCUT2D eigenvalue weighted by Crippen LogP contribution is -2.57. The van der Waals surface area contributed by atoms with Crippen LogP contribution in [0.1, 0.15) is 33.6 Å². The molecule has 1 atom stereocenters. The highest BCUT2D eigenvalue weighted by atomic mass is 16.5. The van der Waals surface area contributed by atoms with Gasteiger partial charge < -0.3 is 19.7 Å². The SMILES string of the molecule is COc1cccc(C(=O)N2CCC[C@@]3(CNC(=O)c4ccccc4O3)C2)c1. The van der Waals surface area contributed by atoms with Crippen molar-refractivity contribution in [2.24, 2.45) is 0 Å². The molecule has 1 fully saturated rings. The summed E-state index contributed by atoms with van der Waals surface area (Å²) in [6.45, 7) is 1.47. The number of ether oxygens (including phenoxy) is 2. The number of amides is 2. The van der Waals surface area contributed by atoms with Gasteiger partial charge in [-0.15, -0.1) is 0 Å². The highest BCUT2D eigenvalue weighted by Gasteiger charge is 2.42. The lowest BCUT2D eigenvalue weighted by molar-refractivity contribution is -0.000868. The number of likely N-dealkylation sites (tertiary alicyclic amines) is 1. The largest absolute Gasteiger partial charge is 0.497 e. The average molecular weight is 366 g/mol. The van der Waals surface area contributed by atoms with Crippen molar-refractivity contribution in [1.29, 1.82) is 0 Å². The van der Waals surface area contributed by atoms with E-state index in [0.717, 1.165) is 12.8 Å². The van der Waals surface area contributed by atoms with Crippen molar-refractivity contribution in [2.45, 2.75) is 18.4 Å². The fourth-order valence-electron chi connectivity index (χ4n) is 3.79. The van der Waals surface area contributed by atoms with Crippen LogP contribution in [-0.4, -0.2) is 49.1 Å². The fourth-order valence-corrected chi connectivity index (χ4v) is 3.79. The van der Waals surface area contributed by atoms with E-state index in [1.807, 2.05) is 30.3 Å². The number of fused-ring (bicyclic) bond motifs is 1. The van der Waals surface area contributed by atoms with Crippen LogP contribution in [0.3, 0.4) is 0 Å². The second-order valence-corrected chi connectivity index (χ2v) is 7.03. The van der Waals surface area contributed by atoms with Crippen molar-refractivity contribution in [3.8, 4) is 11.5 Å². The van der Waals surface area contributed by atoms with E-state index >= 15 is 0 Å². The molecule has 2 aliphatic heterocycles. The van der Waals surface area contributed by atoms with Crippen molar-refractivity contribution < 1.29 is 19.1 Å². The maximum atomic E-state index is 13.0. The van der Waals surface area contributed by atoms with Gasteiger partial charge in [0.1, 0.15) is 17.1 Å². The number of hydrogen-bond donors (Lipinski definition) is 1. The molecule has 1 saturated heterocycles. The number of para-hydroxylation sites is 1. The number of nitrogens with one attached hydrogen (secondary N) is 1. The summed E-state index contributed by atoms with van der Waals surface area (Å²) in [5, 5.41) is 2.96. The molecule has 4 rings (SSSR count). The van der Waals surface area contributed by atoms with Crippen molar-refractivity contribution in [3.05, 3.63) is 59.7 Å². The molecule has 2 aromatic carbocycles. The number of carbonyl (C=O) groups excluding carboxylic acids is 2. The summed E-state index contributed by atoms with van der Waals surface area (Å²) in [5.41, 5.74) is 0.504. The molecule has 140 valence electrons. The van der Waals surface area contributed by atoms with Crippen molar-refractivity contribution >= 4 is 11.8 Å². The molecule has 0 radical (unpaired) electrons. The van der Waals surface area contributed by atoms with Crippen LogP contribution in [0.2, 0.25) is 0 Å². The number of nitrogens with zero attached hydrogens (tertiary/aromatic N) is 1. The highest BCUT2D eigenvalue weighted by molar-refractivity contribution is 5.97. The summed E-state index contributed by atoms with van der Waals surface area (Å²) in [6, 6.07) is 14.4. The van der Waals surface area contributed by atoms with Gasteiger partial charge in [0, 0.05) is 12.1 Å². The van der Waals surface area contributed by atoms with Gasteiger partial charge in [0.05, 0.1) is 25.8 Å². The van der Waals surface area contributed by atoms with E-state index in [2.05, 4.69) is 5.32 Å². The van der Waals surface area contributed by atoms with Crippen LogP contribution >= 0.6 is 0 Å². The minimum atomic E-state index is -0.616. The molecule has 2 heterocycles. The average Bonchev–Trinajstić information content (AvgIpc) is 2.84. The Hall–Kier alpha value is -3.02. The van der Waals surface area contributed by atoms with Gasteiger partial charge in [0.15, 0.2) is 0 Å². The zero-order chi connectivity index (χ0) is 18.9. The van der Waals surface area contributed by atoms with Crippen molar-refractivity contribution in [1.82, 2.24) is 10.2 Å². The first-order valence-corrected chi connectivity index (χ1v) is 9.10. The minimum Gasteiger partial charge on any atom is -0.497 e. The second kappa shape index (κ2) is 6.95. The second-order valence-electron chi connectivity index (χ2n) is 7.03. The quantitative estimate of drug-likeness (QED) is 0.887. The highest BCUT2D eigenvalue weighted by Crippen LogP contribution is 2.32. The molecule has 0 saturated carbocycles. The third-order valence-electron chi connectivity index (χ3n) is 5.17. The van der Waals surface area contributed by atoms with Crippen LogP contribution in [0.15, 0.2) is 48.5 Å². The standard InChI is InChI=1S/C21H22N2O4/c1-26-16-7-4-6-15(12-16)20(25)23-11-5-10-21(14-23)13-22-19(24)17-8-2-3-9-18(17)27-21/h2-4,6-9,12H,5,10-11,13-14H2,1H3,(H,22,24)/t21-/m1/s1. The Labute approximate surface area is 158 Å². The molecule has 0 bridgehead atoms. The first-order valence-electron chi connectivity index (χ1n) is 9.10. The van der Waals surface area contributed by atoms with E-state index in [0.29, 0.717) is 42.3 Å². The molecule has 0 aliphatic carbocycles. The van der Waals surface area contributed by atoms with Gasteiger partial charge in [0.2, 0.25) is 0 Å². The van der Waals surface area contributed by atoms with E-state index in [1.165, 1.54) is 0 Å². The van der Waals surface area contributed by atoms with Crippen molar-refractivity contribution in [3.63, 3.8) is 0 Å². The van der Waals surface area contributed by atoms with Gasteiger partial charge in [-0.2, -0.15) is 0 Å². The Morgan fingerprint density at radius 2 is 2.07 bits per heavy atom. The minimum absolute atomic E-state index is 0.0552. The number of methoxy groups -OCH3 is 1. The Bertz CT molecular complexity index is 882. The van der Waals surface area contributed by atoms with Crippen LogP contribution in [0.5, 0.6) is 11.5 Å². The topological polar surface area (TPSA) is 67.9 Å². The van der Waals surface area contributed by atoms with E-state index < -0.39 is 5.60 Å². The summed E-state index contributed by atoms with van der Waals surface area (Å²) in [7, 11) is 1.58. The summed E-state index contributed by atoms with van der Waals surface area (Å²) in [4.78, 5) is 27.2. The van der Waals surface area contributed by atoms with Gasteiger partial charge in [-0.3, -0.25) is 9.59 Å². The molecular weight excluding hydrogens is 344 g/mol. The monoisotopic (exact) mass is 366 g/mol. The number of hydrogen-bond acceptors (Lipinski definition) is 4. The molecule has 2 amide bonds. The van der Waals surface area contributed by atoms with E-state index in [9.17, 15) is 9.59 Å². The molecular formula is C21H22N2O4. The molecule has 27 heavy (non-hydrogen) atoms. The maximum Gasteiger partial charge on any atom is 0.255 e. The van der Waals surface area contributed by atoms with Gasteiger partial charge in [0.25, 0.3) is 11.8 Å². The predicted molar refractivity (Wildman–Crippen MR) is 100 cm³/mol. The van der Waals surface area contributed by atoms with Crippen LogP contribution < -0.4 is 14.8 Å². The fraction of sp³-hybridized carbons (Fsp3) is 0.333. The summed E-state index contributed by atoms with van der Waals surface area (Å²) < 4.78 is 11.5. The summed E-state index contributed by atoms with van der Waals surface area (Å²) >= 11 is 0.